The standard InChI is InChI=1S/C19H16F3N5O2S/c1-2-16(28)24-15-7-6-13(26-27-15)12-5-3-4-11(8-12)9-17(29)25-18-23-10-14(30-18)19(20,21)22/h2-8,10,18,23H,1,9H2,(H,25,29)(H,24,27,28). The number of alkyl halides is 3. The average molecular weight is 435 g/mol. The van der Waals surface area contributed by atoms with E-state index >= 15 is 0 Å². The molecule has 1 aliphatic heterocycles. The van der Waals surface area contributed by atoms with E-state index in [1.165, 1.54) is 0 Å². The highest BCUT2D eigenvalue weighted by Crippen LogP contribution is 2.38. The van der Waals surface area contributed by atoms with E-state index in [2.05, 4.69) is 32.7 Å². The summed E-state index contributed by atoms with van der Waals surface area (Å²) in [7, 11) is 0. The van der Waals surface area contributed by atoms with Crippen LogP contribution in [0.2, 0.25) is 0 Å². The van der Waals surface area contributed by atoms with Crippen LogP contribution in [0.5, 0.6) is 0 Å². The molecule has 2 heterocycles. The van der Waals surface area contributed by atoms with E-state index in [-0.39, 0.29) is 12.2 Å². The normalized spacial score (nSPS) is 15.7. The highest BCUT2D eigenvalue weighted by atomic mass is 32.2. The third-order valence-corrected chi connectivity index (χ3v) is 4.96. The van der Waals surface area contributed by atoms with Gasteiger partial charge in [0.05, 0.1) is 12.1 Å². The van der Waals surface area contributed by atoms with Gasteiger partial charge in [-0.05, 0) is 29.8 Å². The first-order chi connectivity index (χ1) is 14.2. The predicted molar refractivity (Wildman–Crippen MR) is 107 cm³/mol. The molecule has 1 unspecified atom stereocenters. The van der Waals surface area contributed by atoms with Crippen molar-refractivity contribution in [2.45, 2.75) is 18.1 Å². The Morgan fingerprint density at radius 3 is 2.67 bits per heavy atom. The summed E-state index contributed by atoms with van der Waals surface area (Å²) < 4.78 is 38.0. The van der Waals surface area contributed by atoms with Gasteiger partial charge in [-0.2, -0.15) is 13.2 Å². The van der Waals surface area contributed by atoms with Crippen LogP contribution in [0.15, 0.2) is 60.2 Å². The summed E-state index contributed by atoms with van der Waals surface area (Å²) in [5.41, 5.74) is 1.01. The molecular weight excluding hydrogens is 419 g/mol. The van der Waals surface area contributed by atoms with Crippen molar-refractivity contribution in [1.82, 2.24) is 20.8 Å². The van der Waals surface area contributed by atoms with Crippen LogP contribution in [0.4, 0.5) is 19.0 Å². The predicted octanol–water partition coefficient (Wildman–Crippen LogP) is 2.95. The number of thioether (sulfide) groups is 1. The molecule has 1 atom stereocenters. The van der Waals surface area contributed by atoms with Crippen LogP contribution >= 0.6 is 11.8 Å². The molecule has 1 aromatic carbocycles. The zero-order valence-corrected chi connectivity index (χ0v) is 16.2. The lowest BCUT2D eigenvalue weighted by Crippen LogP contribution is -2.39. The SMILES string of the molecule is C=CC(=O)Nc1ccc(-c2cccc(CC(=O)NC3NC=C(C(F)(F)F)S3)c2)nn1. The van der Waals surface area contributed by atoms with Gasteiger partial charge >= 0.3 is 6.18 Å². The van der Waals surface area contributed by atoms with E-state index in [1.54, 1.807) is 36.4 Å². The van der Waals surface area contributed by atoms with Crippen molar-refractivity contribution < 1.29 is 22.8 Å². The van der Waals surface area contributed by atoms with Gasteiger partial charge in [0.2, 0.25) is 11.8 Å². The van der Waals surface area contributed by atoms with E-state index < -0.39 is 28.4 Å². The number of carbonyl (C=O) groups excluding carboxylic acids is 2. The van der Waals surface area contributed by atoms with Gasteiger partial charge < -0.3 is 16.0 Å². The molecule has 156 valence electrons. The zero-order valence-electron chi connectivity index (χ0n) is 15.4. The summed E-state index contributed by atoms with van der Waals surface area (Å²) in [5, 5.41) is 15.4. The molecule has 0 saturated heterocycles. The van der Waals surface area contributed by atoms with E-state index in [0.29, 0.717) is 28.6 Å². The van der Waals surface area contributed by atoms with E-state index in [4.69, 9.17) is 0 Å². The quantitative estimate of drug-likeness (QED) is 0.604. The second-order valence-corrected chi connectivity index (χ2v) is 7.26. The fourth-order valence-electron chi connectivity index (χ4n) is 2.52. The summed E-state index contributed by atoms with van der Waals surface area (Å²) in [6.45, 7) is 3.35. The lowest BCUT2D eigenvalue weighted by molar-refractivity contribution is -0.120. The van der Waals surface area contributed by atoms with Crippen LogP contribution < -0.4 is 16.0 Å². The lowest BCUT2D eigenvalue weighted by Gasteiger charge is -2.14. The Hall–Kier alpha value is -3.34. The van der Waals surface area contributed by atoms with Crippen molar-refractivity contribution >= 4 is 29.4 Å². The number of nitrogens with one attached hydrogen (secondary N) is 3. The second kappa shape index (κ2) is 8.99. The lowest BCUT2D eigenvalue weighted by atomic mass is 10.1. The summed E-state index contributed by atoms with van der Waals surface area (Å²) in [4.78, 5) is 22.7. The van der Waals surface area contributed by atoms with Crippen molar-refractivity contribution in [1.29, 1.82) is 0 Å². The minimum absolute atomic E-state index is 0.0190. The Morgan fingerprint density at radius 1 is 1.23 bits per heavy atom. The Labute approximate surface area is 173 Å². The number of anilines is 1. The molecule has 0 saturated carbocycles. The fourth-order valence-corrected chi connectivity index (χ4v) is 3.37. The van der Waals surface area contributed by atoms with Crippen LogP contribution in [0, 0.1) is 0 Å². The molecule has 7 nitrogen and oxygen atoms in total. The molecule has 3 N–H and O–H groups in total. The first-order valence-corrected chi connectivity index (χ1v) is 9.48. The maximum Gasteiger partial charge on any atom is 0.423 e. The van der Waals surface area contributed by atoms with Gasteiger partial charge in [-0.25, -0.2) is 0 Å². The van der Waals surface area contributed by atoms with Crippen LogP contribution in [0.3, 0.4) is 0 Å². The van der Waals surface area contributed by atoms with Crippen molar-refractivity contribution in [2.75, 3.05) is 5.32 Å². The van der Waals surface area contributed by atoms with E-state index in [9.17, 15) is 22.8 Å². The molecule has 2 amide bonds. The monoisotopic (exact) mass is 435 g/mol. The van der Waals surface area contributed by atoms with Crippen molar-refractivity contribution in [2.24, 2.45) is 0 Å². The molecule has 0 fully saturated rings. The Bertz CT molecular complexity index is 992. The van der Waals surface area contributed by atoms with Gasteiger partial charge in [0.1, 0.15) is 4.91 Å². The van der Waals surface area contributed by atoms with Crippen molar-refractivity contribution in [3.8, 4) is 11.3 Å². The van der Waals surface area contributed by atoms with Gasteiger partial charge in [0.25, 0.3) is 0 Å². The number of benzene rings is 1. The van der Waals surface area contributed by atoms with Crippen LogP contribution in [-0.4, -0.2) is 33.7 Å². The molecule has 1 aliphatic rings. The molecule has 0 spiro atoms. The first kappa shape index (κ1) is 21.4. The Morgan fingerprint density at radius 2 is 2.03 bits per heavy atom. The van der Waals surface area contributed by atoms with Crippen molar-refractivity contribution in [3.63, 3.8) is 0 Å². The first-order valence-electron chi connectivity index (χ1n) is 8.60. The molecule has 3 rings (SSSR count). The van der Waals surface area contributed by atoms with Gasteiger partial charge in [0.15, 0.2) is 11.3 Å². The maximum atomic E-state index is 12.7. The highest BCUT2D eigenvalue weighted by molar-refractivity contribution is 8.03. The number of hydrogen-bond acceptors (Lipinski definition) is 6. The number of aromatic nitrogens is 2. The number of carbonyl (C=O) groups is 2. The van der Waals surface area contributed by atoms with E-state index in [1.807, 2.05) is 0 Å². The highest BCUT2D eigenvalue weighted by Gasteiger charge is 2.39. The summed E-state index contributed by atoms with van der Waals surface area (Å²) in [5.74, 6) is -0.562. The smallest absolute Gasteiger partial charge is 0.362 e. The van der Waals surface area contributed by atoms with Gasteiger partial charge in [-0.3, -0.25) is 9.59 Å². The zero-order chi connectivity index (χ0) is 21.7. The molecule has 11 heteroatoms. The van der Waals surface area contributed by atoms with Gasteiger partial charge in [-0.15, -0.1) is 10.2 Å². The van der Waals surface area contributed by atoms with Gasteiger partial charge in [-0.1, -0.05) is 36.5 Å². The number of hydrogen-bond donors (Lipinski definition) is 3. The van der Waals surface area contributed by atoms with Crippen LogP contribution in [0.1, 0.15) is 5.56 Å². The number of amides is 2. The third kappa shape index (κ3) is 5.60. The van der Waals surface area contributed by atoms with Crippen LogP contribution in [0.25, 0.3) is 11.3 Å². The summed E-state index contributed by atoms with van der Waals surface area (Å²) >= 11 is 0.502. The molecule has 0 bridgehead atoms. The van der Waals surface area contributed by atoms with E-state index in [0.717, 1.165) is 12.3 Å². The molecule has 0 aliphatic carbocycles. The number of halogens is 3. The fraction of sp³-hybridized carbons (Fsp3) is 0.158. The molecule has 2 aromatic rings. The average Bonchev–Trinajstić information content (AvgIpc) is 3.17. The van der Waals surface area contributed by atoms with Gasteiger partial charge in [0, 0.05) is 11.8 Å². The minimum atomic E-state index is -4.45. The van der Waals surface area contributed by atoms with Crippen LogP contribution in [-0.2, 0) is 16.0 Å². The third-order valence-electron chi connectivity index (χ3n) is 3.87. The second-order valence-electron chi connectivity index (χ2n) is 6.11. The largest absolute Gasteiger partial charge is 0.423 e. The Kier molecular flexibility index (Phi) is 6.40. The topological polar surface area (TPSA) is 96.0 Å². The van der Waals surface area contributed by atoms with Crippen molar-refractivity contribution in [3.05, 3.63) is 65.7 Å². The summed E-state index contributed by atoms with van der Waals surface area (Å²) in [6.07, 6.45) is -2.51. The number of nitrogens with zero attached hydrogens (tertiary/aromatic N) is 2. The number of allylic oxidation sites excluding steroid dienone is 1. The molecule has 1 aromatic heterocycles. The summed E-state index contributed by atoms with van der Waals surface area (Å²) in [6, 6.07) is 10.2. The minimum Gasteiger partial charge on any atom is -0.362 e. The number of rotatable bonds is 6. The molecule has 0 radical (unpaired) electrons. The molecular formula is C19H16F3N5O2S. The Balaban J connectivity index is 1.60. The molecule has 30 heavy (non-hydrogen) atoms. The maximum absolute atomic E-state index is 12.7.